The van der Waals surface area contributed by atoms with E-state index in [0.29, 0.717) is 6.04 Å². The third-order valence-corrected chi connectivity index (χ3v) is 3.99. The molecule has 0 spiro atoms. The van der Waals surface area contributed by atoms with Gasteiger partial charge in [0.05, 0.1) is 0 Å². The maximum Gasteiger partial charge on any atom is 0.119 e. The molecule has 1 heterocycles. The lowest BCUT2D eigenvalue weighted by Gasteiger charge is -2.17. The van der Waals surface area contributed by atoms with Gasteiger partial charge < -0.3 is 10.1 Å². The van der Waals surface area contributed by atoms with Gasteiger partial charge in [-0.3, -0.25) is 4.90 Å². The van der Waals surface area contributed by atoms with Crippen LogP contribution in [0.2, 0.25) is 0 Å². The van der Waals surface area contributed by atoms with Crippen molar-refractivity contribution >= 4 is 0 Å². The van der Waals surface area contributed by atoms with Crippen LogP contribution < -0.4 is 10.1 Å². The molecule has 0 amide bonds. The van der Waals surface area contributed by atoms with E-state index in [9.17, 15) is 0 Å². The molecule has 3 nitrogen and oxygen atoms in total. The zero-order valence-corrected chi connectivity index (χ0v) is 11.8. The number of likely N-dealkylation sites (tertiary alicyclic amines) is 1. The summed E-state index contributed by atoms with van der Waals surface area (Å²) >= 11 is 0. The number of rotatable bonds is 6. The van der Waals surface area contributed by atoms with Crippen molar-refractivity contribution in [2.45, 2.75) is 38.3 Å². The molecule has 3 rings (SSSR count). The van der Waals surface area contributed by atoms with Crippen LogP contribution in [0.5, 0.6) is 5.75 Å². The molecule has 0 aromatic heterocycles. The van der Waals surface area contributed by atoms with E-state index < -0.39 is 0 Å². The summed E-state index contributed by atoms with van der Waals surface area (Å²) in [7, 11) is 0. The molecular weight excluding hydrogens is 236 g/mol. The average molecular weight is 260 g/mol. The molecule has 1 aromatic carbocycles. The Balaban J connectivity index is 1.36. The molecular formula is C16H24N2O. The Morgan fingerprint density at radius 3 is 2.95 bits per heavy atom. The van der Waals surface area contributed by atoms with Crippen LogP contribution in [-0.2, 0) is 0 Å². The van der Waals surface area contributed by atoms with Gasteiger partial charge in [-0.15, -0.1) is 0 Å². The fourth-order valence-corrected chi connectivity index (χ4v) is 2.75. The summed E-state index contributed by atoms with van der Waals surface area (Å²) in [6.07, 6.45) is 4.06. The molecule has 1 saturated carbocycles. The van der Waals surface area contributed by atoms with E-state index in [2.05, 4.69) is 35.3 Å². The predicted octanol–water partition coefficient (Wildman–Crippen LogP) is 2.20. The van der Waals surface area contributed by atoms with E-state index in [1.807, 2.05) is 6.07 Å². The van der Waals surface area contributed by atoms with Crippen LogP contribution in [0.3, 0.4) is 0 Å². The van der Waals surface area contributed by atoms with Gasteiger partial charge in [-0.25, -0.2) is 0 Å². The maximum absolute atomic E-state index is 5.82. The number of ether oxygens (including phenoxy) is 1. The zero-order chi connectivity index (χ0) is 13.1. The summed E-state index contributed by atoms with van der Waals surface area (Å²) in [6, 6.07) is 9.83. The normalized spacial score (nSPS) is 23.7. The summed E-state index contributed by atoms with van der Waals surface area (Å²) in [5.74, 6) is 0.992. The van der Waals surface area contributed by atoms with E-state index in [4.69, 9.17) is 4.74 Å². The number of benzene rings is 1. The van der Waals surface area contributed by atoms with Crippen LogP contribution in [0.15, 0.2) is 24.3 Å². The van der Waals surface area contributed by atoms with Gasteiger partial charge in [0.1, 0.15) is 12.4 Å². The fourth-order valence-electron chi connectivity index (χ4n) is 2.75. The van der Waals surface area contributed by atoms with Crippen LogP contribution in [-0.4, -0.2) is 43.2 Å². The van der Waals surface area contributed by atoms with Gasteiger partial charge in [-0.05, 0) is 50.4 Å². The Labute approximate surface area is 115 Å². The van der Waals surface area contributed by atoms with Gasteiger partial charge in [-0.2, -0.15) is 0 Å². The van der Waals surface area contributed by atoms with Gasteiger partial charge in [0.25, 0.3) is 0 Å². The van der Waals surface area contributed by atoms with E-state index in [1.165, 1.54) is 37.9 Å². The summed E-state index contributed by atoms with van der Waals surface area (Å²) in [4.78, 5) is 2.51. The Morgan fingerprint density at radius 2 is 2.16 bits per heavy atom. The molecule has 2 fully saturated rings. The highest BCUT2D eigenvalue weighted by Crippen LogP contribution is 2.21. The van der Waals surface area contributed by atoms with Crippen molar-refractivity contribution in [1.82, 2.24) is 10.2 Å². The van der Waals surface area contributed by atoms with Gasteiger partial charge in [0, 0.05) is 25.2 Å². The third kappa shape index (κ3) is 3.95. The topological polar surface area (TPSA) is 24.5 Å². The third-order valence-electron chi connectivity index (χ3n) is 3.99. The molecule has 19 heavy (non-hydrogen) atoms. The van der Waals surface area contributed by atoms with Crippen molar-refractivity contribution in [2.75, 3.05) is 26.2 Å². The molecule has 0 bridgehead atoms. The number of hydrogen-bond donors (Lipinski definition) is 1. The molecule has 1 N–H and O–H groups in total. The molecule has 0 radical (unpaired) electrons. The van der Waals surface area contributed by atoms with Crippen LogP contribution >= 0.6 is 0 Å². The first-order chi connectivity index (χ1) is 9.29. The fraction of sp³-hybridized carbons (Fsp3) is 0.625. The summed E-state index contributed by atoms with van der Waals surface area (Å²) < 4.78 is 5.82. The highest BCUT2D eigenvalue weighted by molar-refractivity contribution is 5.27. The smallest absolute Gasteiger partial charge is 0.119 e. The molecule has 1 aromatic rings. The number of nitrogens with one attached hydrogen (secondary N) is 1. The van der Waals surface area contributed by atoms with E-state index in [-0.39, 0.29) is 0 Å². The SMILES string of the molecule is Cc1cccc(OCCN2CCC(NC3CC3)C2)c1. The lowest BCUT2D eigenvalue weighted by molar-refractivity contribution is 0.234. The minimum Gasteiger partial charge on any atom is -0.492 e. The van der Waals surface area contributed by atoms with Crippen molar-refractivity contribution < 1.29 is 4.74 Å². The minimum absolute atomic E-state index is 0.714. The monoisotopic (exact) mass is 260 g/mol. The van der Waals surface area contributed by atoms with E-state index in [0.717, 1.165) is 24.9 Å². The van der Waals surface area contributed by atoms with Crippen LogP contribution in [0, 0.1) is 6.92 Å². The molecule has 1 saturated heterocycles. The largest absolute Gasteiger partial charge is 0.492 e. The number of aryl methyl sites for hydroxylation is 1. The highest BCUT2D eigenvalue weighted by atomic mass is 16.5. The molecule has 3 heteroatoms. The number of nitrogens with zero attached hydrogens (tertiary/aromatic N) is 1. The number of hydrogen-bond acceptors (Lipinski definition) is 3. The van der Waals surface area contributed by atoms with Crippen LogP contribution in [0.4, 0.5) is 0 Å². The first-order valence-electron chi connectivity index (χ1n) is 7.47. The first kappa shape index (κ1) is 12.9. The van der Waals surface area contributed by atoms with E-state index in [1.54, 1.807) is 0 Å². The van der Waals surface area contributed by atoms with Crippen molar-refractivity contribution in [2.24, 2.45) is 0 Å². The molecule has 2 aliphatic rings. The van der Waals surface area contributed by atoms with Crippen LogP contribution in [0.1, 0.15) is 24.8 Å². The van der Waals surface area contributed by atoms with Gasteiger partial charge >= 0.3 is 0 Å². The molecule has 1 aliphatic heterocycles. The first-order valence-corrected chi connectivity index (χ1v) is 7.47. The standard InChI is InChI=1S/C16H24N2O/c1-13-3-2-4-16(11-13)19-10-9-18-8-7-15(12-18)17-14-5-6-14/h2-4,11,14-15,17H,5-10,12H2,1H3. The minimum atomic E-state index is 0.714. The second kappa shape index (κ2) is 5.93. The van der Waals surface area contributed by atoms with E-state index >= 15 is 0 Å². The average Bonchev–Trinajstić information content (AvgIpc) is 3.08. The van der Waals surface area contributed by atoms with Gasteiger partial charge in [-0.1, -0.05) is 12.1 Å². The van der Waals surface area contributed by atoms with Gasteiger partial charge in [0.15, 0.2) is 0 Å². The quantitative estimate of drug-likeness (QED) is 0.848. The zero-order valence-electron chi connectivity index (χ0n) is 11.8. The summed E-state index contributed by atoms with van der Waals surface area (Å²) in [6.45, 7) is 6.33. The van der Waals surface area contributed by atoms with Gasteiger partial charge in [0.2, 0.25) is 0 Å². The molecule has 1 aliphatic carbocycles. The maximum atomic E-state index is 5.82. The molecule has 1 atom stereocenters. The summed E-state index contributed by atoms with van der Waals surface area (Å²) in [5.41, 5.74) is 1.26. The molecule has 1 unspecified atom stereocenters. The highest BCUT2D eigenvalue weighted by Gasteiger charge is 2.28. The van der Waals surface area contributed by atoms with Crippen molar-refractivity contribution in [3.8, 4) is 5.75 Å². The van der Waals surface area contributed by atoms with Crippen molar-refractivity contribution in [3.05, 3.63) is 29.8 Å². The second-order valence-electron chi connectivity index (χ2n) is 5.89. The lowest BCUT2D eigenvalue weighted by atomic mass is 10.2. The Hall–Kier alpha value is -1.06. The van der Waals surface area contributed by atoms with Crippen molar-refractivity contribution in [3.63, 3.8) is 0 Å². The van der Waals surface area contributed by atoms with Crippen LogP contribution in [0.25, 0.3) is 0 Å². The predicted molar refractivity (Wildman–Crippen MR) is 77.7 cm³/mol. The Morgan fingerprint density at radius 1 is 1.26 bits per heavy atom. The Bertz CT molecular complexity index is 417. The summed E-state index contributed by atoms with van der Waals surface area (Å²) in [5, 5.41) is 3.72. The lowest BCUT2D eigenvalue weighted by Crippen LogP contribution is -2.35. The molecule has 104 valence electrons. The second-order valence-corrected chi connectivity index (χ2v) is 5.89. The van der Waals surface area contributed by atoms with Crippen molar-refractivity contribution in [1.29, 1.82) is 0 Å². The Kier molecular flexibility index (Phi) is 4.04.